The Kier molecular flexibility index (Phi) is 6.07. The topological polar surface area (TPSA) is 75.4 Å². The average Bonchev–Trinajstić information content (AvgIpc) is 3.50. The Hall–Kier alpha value is -3.32. The zero-order chi connectivity index (χ0) is 21.8. The van der Waals surface area contributed by atoms with E-state index in [-0.39, 0.29) is 5.91 Å². The molecule has 0 spiro atoms. The normalized spacial score (nSPS) is 15.9. The van der Waals surface area contributed by atoms with E-state index in [0.29, 0.717) is 18.7 Å². The van der Waals surface area contributed by atoms with Crippen molar-refractivity contribution in [3.63, 3.8) is 0 Å². The summed E-state index contributed by atoms with van der Waals surface area (Å²) in [6.45, 7) is 4.79. The molecular weight excluding hydrogens is 400 g/mol. The summed E-state index contributed by atoms with van der Waals surface area (Å²) in [6.07, 6.45) is 6.78. The van der Waals surface area contributed by atoms with Crippen LogP contribution in [-0.4, -0.2) is 57.7 Å². The number of aliphatic imine (C=N–C) groups is 1. The van der Waals surface area contributed by atoms with E-state index in [9.17, 15) is 4.79 Å². The molecule has 0 saturated carbocycles. The van der Waals surface area contributed by atoms with E-state index in [2.05, 4.69) is 37.7 Å². The van der Waals surface area contributed by atoms with Gasteiger partial charge >= 0.3 is 0 Å². The van der Waals surface area contributed by atoms with Gasteiger partial charge in [-0.3, -0.25) is 9.79 Å². The predicted octanol–water partition coefficient (Wildman–Crippen LogP) is 3.22. The molecule has 0 bridgehead atoms. The molecule has 7 nitrogen and oxygen atoms in total. The Bertz CT molecular complexity index is 1130. The highest BCUT2D eigenvalue weighted by Gasteiger charge is 2.20. The summed E-state index contributed by atoms with van der Waals surface area (Å²) < 4.78 is 1.70. The minimum atomic E-state index is -0.0556. The van der Waals surface area contributed by atoms with Gasteiger partial charge in [0.2, 0.25) is 0 Å². The van der Waals surface area contributed by atoms with Crippen LogP contribution in [0.15, 0.2) is 59.7 Å². The largest absolute Gasteiger partial charge is 0.352 e. The number of nitrogens with one attached hydrogen (secondary N) is 1. The first kappa shape index (κ1) is 20.6. The van der Waals surface area contributed by atoms with Crippen LogP contribution in [0.4, 0.5) is 0 Å². The Labute approximate surface area is 188 Å². The smallest absolute Gasteiger partial charge is 0.251 e. The minimum Gasteiger partial charge on any atom is -0.352 e. The first-order valence-corrected chi connectivity index (χ1v) is 11.4. The van der Waals surface area contributed by atoms with Crippen LogP contribution in [0, 0.1) is 0 Å². The number of nitrogens with zero attached hydrogens (tertiary/aromatic N) is 5. The third-order valence-corrected chi connectivity index (χ3v) is 6.17. The first-order chi connectivity index (χ1) is 15.8. The van der Waals surface area contributed by atoms with Crippen molar-refractivity contribution >= 4 is 11.6 Å². The van der Waals surface area contributed by atoms with Gasteiger partial charge in [-0.05, 0) is 62.7 Å². The second-order valence-electron chi connectivity index (χ2n) is 8.43. The maximum absolute atomic E-state index is 12.6. The number of piperidine rings is 1. The lowest BCUT2D eigenvalue weighted by molar-refractivity contribution is 0.0951. The molecule has 2 aliphatic heterocycles. The van der Waals surface area contributed by atoms with Crippen LogP contribution in [-0.2, 0) is 6.54 Å². The highest BCUT2D eigenvalue weighted by atomic mass is 16.1. The van der Waals surface area contributed by atoms with Gasteiger partial charge in [0.1, 0.15) is 5.69 Å². The monoisotopic (exact) mass is 428 g/mol. The lowest BCUT2D eigenvalue weighted by atomic mass is 10.0. The maximum atomic E-state index is 12.6. The summed E-state index contributed by atoms with van der Waals surface area (Å²) >= 11 is 0. The molecule has 1 N–H and O–H groups in total. The van der Waals surface area contributed by atoms with Crippen molar-refractivity contribution in [1.29, 1.82) is 0 Å². The van der Waals surface area contributed by atoms with Gasteiger partial charge in [0.15, 0.2) is 0 Å². The van der Waals surface area contributed by atoms with Crippen molar-refractivity contribution in [3.8, 4) is 5.69 Å². The van der Waals surface area contributed by atoms with E-state index in [1.165, 1.54) is 37.9 Å². The van der Waals surface area contributed by atoms with E-state index in [4.69, 9.17) is 0 Å². The van der Waals surface area contributed by atoms with E-state index in [1.54, 1.807) is 4.68 Å². The Morgan fingerprint density at radius 3 is 2.81 bits per heavy atom. The number of aromatic nitrogens is 3. The number of hydrogen-bond donors (Lipinski definition) is 1. The van der Waals surface area contributed by atoms with Gasteiger partial charge in [-0.1, -0.05) is 42.0 Å². The highest BCUT2D eigenvalue weighted by Crippen LogP contribution is 2.22. The first-order valence-electron chi connectivity index (χ1n) is 11.4. The average molecular weight is 429 g/mol. The van der Waals surface area contributed by atoms with Crippen molar-refractivity contribution in [2.45, 2.75) is 32.2 Å². The molecule has 0 radical (unpaired) electrons. The van der Waals surface area contributed by atoms with E-state index >= 15 is 0 Å². The summed E-state index contributed by atoms with van der Waals surface area (Å²) in [7, 11) is 0. The van der Waals surface area contributed by atoms with Crippen molar-refractivity contribution in [3.05, 3.63) is 77.1 Å². The van der Waals surface area contributed by atoms with Crippen molar-refractivity contribution in [2.24, 2.45) is 4.99 Å². The van der Waals surface area contributed by atoms with Crippen LogP contribution in [0.3, 0.4) is 0 Å². The summed E-state index contributed by atoms with van der Waals surface area (Å²) in [5, 5.41) is 11.7. The summed E-state index contributed by atoms with van der Waals surface area (Å²) in [4.78, 5) is 19.8. The molecule has 0 atom stereocenters. The number of rotatable bonds is 7. The Balaban J connectivity index is 1.21. The fourth-order valence-electron chi connectivity index (χ4n) is 4.44. The summed E-state index contributed by atoms with van der Waals surface area (Å²) in [5.74, 6) is -0.0556. The number of fused-ring (bicyclic) bond motifs is 1. The van der Waals surface area contributed by atoms with Gasteiger partial charge in [-0.15, -0.1) is 5.10 Å². The van der Waals surface area contributed by atoms with Crippen LogP contribution >= 0.6 is 0 Å². The zero-order valence-corrected chi connectivity index (χ0v) is 18.2. The molecule has 7 heteroatoms. The second kappa shape index (κ2) is 9.44. The number of carbonyl (C=O) groups is 1. The maximum Gasteiger partial charge on any atom is 0.251 e. The molecular formula is C25H28N6O. The summed E-state index contributed by atoms with van der Waals surface area (Å²) in [6, 6.07) is 15.7. The van der Waals surface area contributed by atoms with Gasteiger partial charge in [-0.25, -0.2) is 4.68 Å². The molecule has 2 aliphatic rings. The lowest BCUT2D eigenvalue weighted by Gasteiger charge is -2.26. The molecule has 0 unspecified atom stereocenters. The number of hydrogen-bond acceptors (Lipinski definition) is 5. The molecule has 1 fully saturated rings. The molecule has 1 saturated heterocycles. The molecule has 5 rings (SSSR count). The molecule has 1 aromatic heterocycles. The van der Waals surface area contributed by atoms with Crippen LogP contribution < -0.4 is 5.32 Å². The number of amides is 1. The fraction of sp³-hybridized carbons (Fsp3) is 0.360. The van der Waals surface area contributed by atoms with Crippen molar-refractivity contribution in [2.75, 3.05) is 26.2 Å². The molecule has 164 valence electrons. The quantitative estimate of drug-likeness (QED) is 0.587. The molecule has 0 aliphatic carbocycles. The molecule has 32 heavy (non-hydrogen) atoms. The van der Waals surface area contributed by atoms with Crippen molar-refractivity contribution < 1.29 is 4.79 Å². The Morgan fingerprint density at radius 1 is 1.03 bits per heavy atom. The number of carbonyl (C=O) groups excluding carboxylic acids is 1. The molecule has 3 aromatic rings. The third kappa shape index (κ3) is 4.48. The molecule has 3 heterocycles. The van der Waals surface area contributed by atoms with E-state index in [0.717, 1.165) is 35.6 Å². The number of benzene rings is 2. The number of likely N-dealkylation sites (tertiary alicyclic amines) is 1. The molecule has 1 amide bonds. The standard InChI is InChI=1S/C25H28N6O/c32-25(26-12-7-15-30-13-4-1-5-14-30)19-9-6-10-21(16-19)31-18-23(28-29-31)24-22-11-3-2-8-20(22)17-27-24/h2-3,6,8-11,16,18H,1,4-5,7,12-15,17H2,(H,26,32). The molecule has 2 aromatic carbocycles. The van der Waals surface area contributed by atoms with Crippen molar-refractivity contribution in [1.82, 2.24) is 25.2 Å². The Morgan fingerprint density at radius 2 is 1.91 bits per heavy atom. The van der Waals surface area contributed by atoms with E-state index in [1.807, 2.05) is 42.6 Å². The van der Waals surface area contributed by atoms with Gasteiger partial charge < -0.3 is 10.2 Å². The minimum absolute atomic E-state index is 0.0556. The van der Waals surface area contributed by atoms with Crippen LogP contribution in [0.1, 0.15) is 52.9 Å². The van der Waals surface area contributed by atoms with Gasteiger partial charge in [0.25, 0.3) is 5.91 Å². The van der Waals surface area contributed by atoms with Gasteiger partial charge in [-0.2, -0.15) is 0 Å². The van der Waals surface area contributed by atoms with Gasteiger partial charge in [0, 0.05) is 17.7 Å². The SMILES string of the molecule is O=C(NCCCN1CCCCC1)c1cccc(-n2cc(C3=NCc4ccccc43)nn2)c1. The van der Waals surface area contributed by atoms with Gasteiger partial charge in [0.05, 0.1) is 24.1 Å². The van der Waals surface area contributed by atoms with E-state index < -0.39 is 0 Å². The van der Waals surface area contributed by atoms with Crippen LogP contribution in [0.25, 0.3) is 5.69 Å². The van der Waals surface area contributed by atoms with Crippen LogP contribution in [0.2, 0.25) is 0 Å². The zero-order valence-electron chi connectivity index (χ0n) is 18.2. The predicted molar refractivity (Wildman–Crippen MR) is 124 cm³/mol. The second-order valence-corrected chi connectivity index (χ2v) is 8.43. The fourth-order valence-corrected chi connectivity index (χ4v) is 4.44. The highest BCUT2D eigenvalue weighted by molar-refractivity contribution is 6.13. The third-order valence-electron chi connectivity index (χ3n) is 6.17. The summed E-state index contributed by atoms with van der Waals surface area (Å²) in [5.41, 5.74) is 5.35. The van der Waals surface area contributed by atoms with Crippen LogP contribution in [0.5, 0.6) is 0 Å². The lowest BCUT2D eigenvalue weighted by Crippen LogP contribution is -2.33.